The molecule has 2 aliphatic heterocycles. The number of nitrogens with two attached hydrogens (primary N) is 1. The standard InChI is InChI=1S/C16H17ClN4O2/c17-14-9-15(20-16(18)19-14)21-5-1-2-11(21)10-3-4-12-13(8-10)23-7-6-22-12/h3-4,8-9,11H,1-2,5-7H2,(H2,18,19,20). The minimum absolute atomic E-state index is 0.195. The van der Waals surface area contributed by atoms with Gasteiger partial charge in [-0.15, -0.1) is 0 Å². The van der Waals surface area contributed by atoms with Crippen LogP contribution >= 0.6 is 11.6 Å². The lowest BCUT2D eigenvalue weighted by Crippen LogP contribution is -2.24. The van der Waals surface area contributed by atoms with Crippen molar-refractivity contribution in [1.29, 1.82) is 0 Å². The fourth-order valence-corrected chi connectivity index (χ4v) is 3.41. The second-order valence-electron chi connectivity index (χ2n) is 5.66. The van der Waals surface area contributed by atoms with Crippen molar-refractivity contribution in [3.63, 3.8) is 0 Å². The van der Waals surface area contributed by atoms with Crippen LogP contribution < -0.4 is 20.1 Å². The fraction of sp³-hybridized carbons (Fsp3) is 0.375. The van der Waals surface area contributed by atoms with E-state index in [1.165, 1.54) is 5.56 Å². The summed E-state index contributed by atoms with van der Waals surface area (Å²) in [6.07, 6.45) is 2.13. The second-order valence-corrected chi connectivity index (χ2v) is 6.05. The van der Waals surface area contributed by atoms with E-state index < -0.39 is 0 Å². The van der Waals surface area contributed by atoms with Crippen molar-refractivity contribution in [1.82, 2.24) is 9.97 Å². The number of halogens is 1. The number of rotatable bonds is 2. The first-order chi connectivity index (χ1) is 11.2. The Hall–Kier alpha value is -2.21. The summed E-state index contributed by atoms with van der Waals surface area (Å²) in [5.74, 6) is 2.57. The molecule has 1 saturated heterocycles. The summed E-state index contributed by atoms with van der Waals surface area (Å²) in [4.78, 5) is 10.5. The molecule has 6 nitrogen and oxygen atoms in total. The zero-order valence-electron chi connectivity index (χ0n) is 12.5. The maximum atomic E-state index is 6.02. The lowest BCUT2D eigenvalue weighted by atomic mass is 10.0. The van der Waals surface area contributed by atoms with E-state index in [9.17, 15) is 0 Å². The highest BCUT2D eigenvalue weighted by molar-refractivity contribution is 6.29. The van der Waals surface area contributed by atoms with E-state index in [-0.39, 0.29) is 12.0 Å². The average molecular weight is 333 g/mol. The average Bonchev–Trinajstić information content (AvgIpc) is 3.03. The fourth-order valence-electron chi connectivity index (χ4n) is 3.22. The van der Waals surface area contributed by atoms with E-state index in [1.807, 2.05) is 6.07 Å². The molecule has 2 N–H and O–H groups in total. The van der Waals surface area contributed by atoms with Crippen molar-refractivity contribution >= 4 is 23.4 Å². The number of nitrogens with zero attached hydrogens (tertiary/aromatic N) is 3. The van der Waals surface area contributed by atoms with Crippen LogP contribution in [0.1, 0.15) is 24.4 Å². The molecule has 2 aromatic rings. The van der Waals surface area contributed by atoms with Crippen molar-refractivity contribution in [2.24, 2.45) is 0 Å². The largest absolute Gasteiger partial charge is 0.486 e. The normalized spacial score (nSPS) is 19.9. The smallest absolute Gasteiger partial charge is 0.223 e. The first-order valence-electron chi connectivity index (χ1n) is 7.67. The number of nitrogen functional groups attached to an aromatic ring is 1. The van der Waals surface area contributed by atoms with Gasteiger partial charge >= 0.3 is 0 Å². The van der Waals surface area contributed by atoms with Crippen molar-refractivity contribution in [3.05, 3.63) is 35.0 Å². The van der Waals surface area contributed by atoms with Gasteiger partial charge in [0.2, 0.25) is 5.95 Å². The number of hydrogen-bond acceptors (Lipinski definition) is 6. The minimum atomic E-state index is 0.195. The van der Waals surface area contributed by atoms with Gasteiger partial charge in [-0.25, -0.2) is 4.98 Å². The summed E-state index contributed by atoms with van der Waals surface area (Å²) in [7, 11) is 0. The van der Waals surface area contributed by atoms with Gasteiger partial charge < -0.3 is 20.1 Å². The Morgan fingerprint density at radius 1 is 1.13 bits per heavy atom. The number of benzene rings is 1. The summed E-state index contributed by atoms with van der Waals surface area (Å²) < 4.78 is 11.3. The van der Waals surface area contributed by atoms with Gasteiger partial charge in [-0.3, -0.25) is 0 Å². The molecule has 1 aromatic heterocycles. The molecule has 0 bridgehead atoms. The first-order valence-corrected chi connectivity index (χ1v) is 8.05. The summed E-state index contributed by atoms with van der Waals surface area (Å²) in [5, 5.41) is 0.361. The van der Waals surface area contributed by atoms with Crippen molar-refractivity contribution in [2.75, 3.05) is 30.4 Å². The minimum Gasteiger partial charge on any atom is -0.486 e. The van der Waals surface area contributed by atoms with Gasteiger partial charge in [-0.2, -0.15) is 4.98 Å². The summed E-state index contributed by atoms with van der Waals surface area (Å²) in [5.41, 5.74) is 6.91. The zero-order chi connectivity index (χ0) is 15.8. The Bertz CT molecular complexity index is 720. The molecule has 1 atom stereocenters. The molecule has 0 saturated carbocycles. The Kier molecular flexibility index (Phi) is 3.61. The third-order valence-electron chi connectivity index (χ3n) is 4.20. The molecule has 4 rings (SSSR count). The van der Waals surface area contributed by atoms with Crippen LogP contribution in [-0.4, -0.2) is 29.7 Å². The van der Waals surface area contributed by atoms with E-state index in [0.29, 0.717) is 18.4 Å². The Morgan fingerprint density at radius 2 is 1.96 bits per heavy atom. The predicted octanol–water partition coefficient (Wildman–Crippen LogP) is 2.82. The molecule has 23 heavy (non-hydrogen) atoms. The molecule has 1 fully saturated rings. The molecule has 0 radical (unpaired) electrons. The van der Waals surface area contributed by atoms with Crippen molar-refractivity contribution in [2.45, 2.75) is 18.9 Å². The van der Waals surface area contributed by atoms with Gasteiger partial charge in [0.05, 0.1) is 6.04 Å². The van der Waals surface area contributed by atoms with E-state index in [4.69, 9.17) is 26.8 Å². The maximum Gasteiger partial charge on any atom is 0.223 e. The number of fused-ring (bicyclic) bond motifs is 1. The van der Waals surface area contributed by atoms with Gasteiger partial charge in [-0.1, -0.05) is 17.7 Å². The molecule has 7 heteroatoms. The summed E-state index contributed by atoms with van der Waals surface area (Å²) in [6, 6.07) is 8.10. The molecule has 3 heterocycles. The van der Waals surface area contributed by atoms with E-state index in [1.54, 1.807) is 6.07 Å². The molecule has 0 amide bonds. The van der Waals surface area contributed by atoms with Gasteiger partial charge in [0, 0.05) is 12.6 Å². The summed E-state index contributed by atoms with van der Waals surface area (Å²) in [6.45, 7) is 2.09. The predicted molar refractivity (Wildman–Crippen MR) is 88.2 cm³/mol. The monoisotopic (exact) mass is 332 g/mol. The molecular weight excluding hydrogens is 316 g/mol. The number of aromatic nitrogens is 2. The van der Waals surface area contributed by atoms with Crippen LogP contribution in [0.5, 0.6) is 11.5 Å². The lowest BCUT2D eigenvalue weighted by Gasteiger charge is -2.27. The van der Waals surface area contributed by atoms with Crippen molar-refractivity contribution < 1.29 is 9.47 Å². The zero-order valence-corrected chi connectivity index (χ0v) is 13.3. The van der Waals surface area contributed by atoms with Gasteiger partial charge in [0.15, 0.2) is 11.5 Å². The van der Waals surface area contributed by atoms with E-state index >= 15 is 0 Å². The van der Waals surface area contributed by atoms with Gasteiger partial charge in [0.1, 0.15) is 24.2 Å². The van der Waals surface area contributed by atoms with Crippen LogP contribution in [0.25, 0.3) is 0 Å². The highest BCUT2D eigenvalue weighted by atomic mass is 35.5. The first kappa shape index (κ1) is 14.4. The van der Waals surface area contributed by atoms with E-state index in [0.717, 1.165) is 36.7 Å². The van der Waals surface area contributed by atoms with Gasteiger partial charge in [0.25, 0.3) is 0 Å². The van der Waals surface area contributed by atoms with E-state index in [2.05, 4.69) is 27.0 Å². The molecule has 0 aliphatic carbocycles. The molecule has 1 aromatic carbocycles. The highest BCUT2D eigenvalue weighted by Gasteiger charge is 2.29. The Labute approximate surface area is 139 Å². The number of hydrogen-bond donors (Lipinski definition) is 1. The topological polar surface area (TPSA) is 73.5 Å². The molecule has 2 aliphatic rings. The quantitative estimate of drug-likeness (QED) is 0.852. The lowest BCUT2D eigenvalue weighted by molar-refractivity contribution is 0.171. The van der Waals surface area contributed by atoms with Crippen LogP contribution in [0, 0.1) is 0 Å². The molecular formula is C16H17ClN4O2. The highest BCUT2D eigenvalue weighted by Crippen LogP contribution is 2.40. The van der Waals surface area contributed by atoms with Crippen LogP contribution in [0.3, 0.4) is 0 Å². The number of anilines is 2. The Balaban J connectivity index is 1.67. The Morgan fingerprint density at radius 3 is 2.78 bits per heavy atom. The molecule has 0 spiro atoms. The molecule has 120 valence electrons. The second kappa shape index (κ2) is 5.77. The summed E-state index contributed by atoms with van der Waals surface area (Å²) >= 11 is 6.02. The van der Waals surface area contributed by atoms with Crippen LogP contribution in [0.2, 0.25) is 5.15 Å². The SMILES string of the molecule is Nc1nc(Cl)cc(N2CCCC2c2ccc3c(c2)OCCO3)n1. The third-order valence-corrected chi connectivity index (χ3v) is 4.39. The third kappa shape index (κ3) is 2.74. The maximum absolute atomic E-state index is 6.02. The number of ether oxygens (including phenoxy) is 2. The van der Waals surface area contributed by atoms with Crippen molar-refractivity contribution in [3.8, 4) is 11.5 Å². The van der Waals surface area contributed by atoms with Crippen LogP contribution in [0.15, 0.2) is 24.3 Å². The van der Waals surface area contributed by atoms with Crippen LogP contribution in [-0.2, 0) is 0 Å². The molecule has 1 unspecified atom stereocenters. The van der Waals surface area contributed by atoms with Crippen LogP contribution in [0.4, 0.5) is 11.8 Å². The van der Waals surface area contributed by atoms with Gasteiger partial charge in [-0.05, 0) is 30.5 Å².